The molecule has 1 N–H and O–H groups in total. The zero-order valence-electron chi connectivity index (χ0n) is 9.93. The minimum Gasteiger partial charge on any atom is -0.491 e. The van der Waals surface area contributed by atoms with Gasteiger partial charge in [-0.25, -0.2) is 0 Å². The molecule has 0 radical (unpaired) electrons. The lowest BCUT2D eigenvalue weighted by Crippen LogP contribution is -2.23. The average Bonchev–Trinajstić information content (AvgIpc) is 2.87. The van der Waals surface area contributed by atoms with E-state index in [4.69, 9.17) is 4.74 Å². The fourth-order valence-electron chi connectivity index (χ4n) is 1.50. The predicted octanol–water partition coefficient (Wildman–Crippen LogP) is 3.12. The van der Waals surface area contributed by atoms with Crippen molar-refractivity contribution in [1.82, 2.24) is 10.3 Å². The number of thiophene rings is 1. The maximum Gasteiger partial charge on any atom is 0.138 e. The van der Waals surface area contributed by atoms with Crippen molar-refractivity contribution >= 4 is 27.3 Å². The Morgan fingerprint density at radius 1 is 1.33 bits per heavy atom. The van der Waals surface area contributed by atoms with Gasteiger partial charge in [0.25, 0.3) is 0 Å². The number of nitrogens with one attached hydrogen (secondary N) is 1. The molecule has 0 spiro atoms. The highest BCUT2D eigenvalue weighted by Crippen LogP contribution is 2.15. The van der Waals surface area contributed by atoms with E-state index in [2.05, 4.69) is 43.7 Å². The highest BCUT2D eigenvalue weighted by molar-refractivity contribution is 9.10. The van der Waals surface area contributed by atoms with Crippen LogP contribution in [-0.2, 0) is 6.42 Å². The van der Waals surface area contributed by atoms with E-state index in [-0.39, 0.29) is 0 Å². The van der Waals surface area contributed by atoms with Gasteiger partial charge in [0.2, 0.25) is 0 Å². The van der Waals surface area contributed by atoms with E-state index in [1.165, 1.54) is 4.88 Å². The molecule has 0 saturated heterocycles. The predicted molar refractivity (Wildman–Crippen MR) is 78.3 cm³/mol. The number of aromatic nitrogens is 1. The van der Waals surface area contributed by atoms with Crippen LogP contribution in [0.25, 0.3) is 0 Å². The summed E-state index contributed by atoms with van der Waals surface area (Å²) >= 11 is 5.16. The Bertz CT molecular complexity index is 462. The molecule has 0 fully saturated rings. The molecular formula is C13H15BrN2OS. The topological polar surface area (TPSA) is 34.1 Å². The summed E-state index contributed by atoms with van der Waals surface area (Å²) in [6, 6.07) is 6.16. The van der Waals surface area contributed by atoms with Crippen LogP contribution in [0.1, 0.15) is 4.88 Å². The zero-order valence-corrected chi connectivity index (χ0v) is 12.3. The Morgan fingerprint density at radius 2 is 2.28 bits per heavy atom. The molecule has 2 aromatic rings. The van der Waals surface area contributed by atoms with Gasteiger partial charge in [-0.15, -0.1) is 11.3 Å². The first-order chi connectivity index (χ1) is 8.84. The van der Waals surface area contributed by atoms with Gasteiger partial charge in [-0.3, -0.25) is 4.98 Å². The first-order valence-corrected chi connectivity index (χ1v) is 7.48. The van der Waals surface area contributed by atoms with Gasteiger partial charge >= 0.3 is 0 Å². The van der Waals surface area contributed by atoms with Crippen LogP contribution >= 0.6 is 27.3 Å². The second-order valence-electron chi connectivity index (χ2n) is 3.77. The number of pyridine rings is 1. The molecule has 2 aromatic heterocycles. The van der Waals surface area contributed by atoms with Crippen molar-refractivity contribution in [2.75, 3.05) is 19.7 Å². The number of rotatable bonds is 7. The van der Waals surface area contributed by atoms with Crippen molar-refractivity contribution in [1.29, 1.82) is 0 Å². The van der Waals surface area contributed by atoms with Crippen molar-refractivity contribution in [3.8, 4) is 5.75 Å². The molecule has 0 aliphatic carbocycles. The number of hydrogen-bond acceptors (Lipinski definition) is 4. The molecule has 0 unspecified atom stereocenters. The maximum absolute atomic E-state index is 5.57. The van der Waals surface area contributed by atoms with Crippen LogP contribution in [0.2, 0.25) is 0 Å². The van der Waals surface area contributed by atoms with Gasteiger partial charge in [-0.2, -0.15) is 0 Å². The van der Waals surface area contributed by atoms with Gasteiger partial charge in [0.15, 0.2) is 0 Å². The molecule has 2 heterocycles. The van der Waals surface area contributed by atoms with E-state index in [0.29, 0.717) is 6.61 Å². The molecule has 2 rings (SSSR count). The first kappa shape index (κ1) is 13.5. The fraction of sp³-hybridized carbons (Fsp3) is 0.308. The summed E-state index contributed by atoms with van der Waals surface area (Å²) in [6.07, 6.45) is 4.54. The van der Waals surface area contributed by atoms with Crippen molar-refractivity contribution in [3.05, 3.63) is 45.3 Å². The zero-order chi connectivity index (χ0) is 12.6. The molecule has 18 heavy (non-hydrogen) atoms. The van der Waals surface area contributed by atoms with Gasteiger partial charge in [0, 0.05) is 28.6 Å². The molecule has 0 bridgehead atoms. The van der Waals surface area contributed by atoms with Crippen molar-refractivity contribution < 1.29 is 4.74 Å². The molecule has 0 saturated carbocycles. The summed E-state index contributed by atoms with van der Waals surface area (Å²) in [5, 5.41) is 5.47. The van der Waals surface area contributed by atoms with Crippen LogP contribution in [0.5, 0.6) is 5.75 Å². The molecular weight excluding hydrogens is 312 g/mol. The third kappa shape index (κ3) is 4.76. The highest BCUT2D eigenvalue weighted by Gasteiger charge is 1.96. The molecule has 0 aromatic carbocycles. The summed E-state index contributed by atoms with van der Waals surface area (Å²) in [4.78, 5) is 5.46. The van der Waals surface area contributed by atoms with Crippen LogP contribution in [-0.4, -0.2) is 24.7 Å². The van der Waals surface area contributed by atoms with Crippen LogP contribution in [0.15, 0.2) is 40.4 Å². The second kappa shape index (κ2) is 7.51. The first-order valence-electron chi connectivity index (χ1n) is 5.81. The monoisotopic (exact) mass is 326 g/mol. The lowest BCUT2D eigenvalue weighted by molar-refractivity contribution is 0.313. The van der Waals surface area contributed by atoms with Crippen molar-refractivity contribution in [2.24, 2.45) is 0 Å². The average molecular weight is 327 g/mol. The number of halogens is 1. The van der Waals surface area contributed by atoms with E-state index >= 15 is 0 Å². The Labute approximate surface area is 119 Å². The van der Waals surface area contributed by atoms with E-state index in [1.807, 2.05) is 6.07 Å². The number of ether oxygens (including phenoxy) is 1. The lowest BCUT2D eigenvalue weighted by atomic mass is 10.3. The summed E-state index contributed by atoms with van der Waals surface area (Å²) in [5.41, 5.74) is 0. The van der Waals surface area contributed by atoms with Gasteiger partial charge in [0.05, 0.1) is 6.20 Å². The van der Waals surface area contributed by atoms with Crippen LogP contribution in [0.3, 0.4) is 0 Å². The normalized spacial score (nSPS) is 10.5. The van der Waals surface area contributed by atoms with E-state index < -0.39 is 0 Å². The van der Waals surface area contributed by atoms with Gasteiger partial charge < -0.3 is 10.1 Å². The van der Waals surface area contributed by atoms with Crippen LogP contribution in [0, 0.1) is 0 Å². The van der Waals surface area contributed by atoms with E-state index in [0.717, 1.165) is 29.7 Å². The summed E-state index contributed by atoms with van der Waals surface area (Å²) in [5.74, 6) is 0.796. The summed E-state index contributed by atoms with van der Waals surface area (Å²) < 4.78 is 6.51. The third-order valence-electron chi connectivity index (χ3n) is 2.36. The van der Waals surface area contributed by atoms with Crippen molar-refractivity contribution in [2.45, 2.75) is 6.42 Å². The van der Waals surface area contributed by atoms with Crippen LogP contribution < -0.4 is 10.1 Å². The van der Waals surface area contributed by atoms with Gasteiger partial charge in [0.1, 0.15) is 12.4 Å². The maximum atomic E-state index is 5.57. The quantitative estimate of drug-likeness (QED) is 0.794. The lowest BCUT2D eigenvalue weighted by Gasteiger charge is -2.07. The Kier molecular flexibility index (Phi) is 5.64. The van der Waals surface area contributed by atoms with E-state index in [9.17, 15) is 0 Å². The molecule has 0 atom stereocenters. The molecule has 0 aliphatic heterocycles. The fourth-order valence-corrected chi connectivity index (χ4v) is 2.56. The molecule has 0 aliphatic rings. The highest BCUT2D eigenvalue weighted by atomic mass is 79.9. The summed E-state index contributed by atoms with van der Waals surface area (Å²) in [7, 11) is 0. The third-order valence-corrected chi connectivity index (χ3v) is 3.73. The summed E-state index contributed by atoms with van der Waals surface area (Å²) in [6.45, 7) is 2.49. The largest absolute Gasteiger partial charge is 0.491 e. The van der Waals surface area contributed by atoms with Gasteiger partial charge in [-0.1, -0.05) is 6.07 Å². The van der Waals surface area contributed by atoms with Gasteiger partial charge in [-0.05, 0) is 39.9 Å². The van der Waals surface area contributed by atoms with Crippen LogP contribution in [0.4, 0.5) is 0 Å². The minimum atomic E-state index is 0.655. The van der Waals surface area contributed by atoms with E-state index in [1.54, 1.807) is 23.7 Å². The Morgan fingerprint density at radius 3 is 3.06 bits per heavy atom. The standard InChI is InChI=1S/C13H15BrN2OS/c14-11-8-12(10-16-9-11)17-6-5-15-4-3-13-2-1-7-18-13/h1-2,7-10,15H,3-6H2. The Hall–Kier alpha value is -0.910. The molecule has 3 nitrogen and oxygen atoms in total. The number of nitrogens with zero attached hydrogens (tertiary/aromatic N) is 1. The Balaban J connectivity index is 1.56. The minimum absolute atomic E-state index is 0.655. The molecule has 5 heteroatoms. The number of hydrogen-bond donors (Lipinski definition) is 1. The smallest absolute Gasteiger partial charge is 0.138 e. The second-order valence-corrected chi connectivity index (χ2v) is 5.71. The molecule has 0 amide bonds. The molecule has 96 valence electrons. The SMILES string of the molecule is Brc1cncc(OCCNCCc2cccs2)c1. The van der Waals surface area contributed by atoms with Crippen molar-refractivity contribution in [3.63, 3.8) is 0 Å².